The van der Waals surface area contributed by atoms with E-state index in [2.05, 4.69) is 13.0 Å². The summed E-state index contributed by atoms with van der Waals surface area (Å²) in [5, 5.41) is 0. The molecule has 0 saturated carbocycles. The van der Waals surface area contributed by atoms with Gasteiger partial charge in [0, 0.05) is 11.5 Å². The zero-order valence-corrected chi connectivity index (χ0v) is 10.6. The van der Waals surface area contributed by atoms with Gasteiger partial charge in [-0.2, -0.15) is 11.8 Å². The zero-order chi connectivity index (χ0) is 11.4. The first kappa shape index (κ1) is 11.7. The Morgan fingerprint density at radius 1 is 1.38 bits per heavy atom. The lowest BCUT2D eigenvalue weighted by Gasteiger charge is -2.06. The normalized spacial score (nSPS) is 18.8. The monoisotopic (exact) mass is 234 g/mol. The number of hydrogen-bond donors (Lipinski definition) is 0. The Morgan fingerprint density at radius 2 is 2.19 bits per heavy atom. The summed E-state index contributed by atoms with van der Waals surface area (Å²) < 4.78 is 0. The highest BCUT2D eigenvalue weighted by atomic mass is 32.2. The van der Waals surface area contributed by atoms with Crippen LogP contribution in [0.15, 0.2) is 24.3 Å². The van der Waals surface area contributed by atoms with Crippen molar-refractivity contribution in [3.63, 3.8) is 0 Å². The summed E-state index contributed by atoms with van der Waals surface area (Å²) in [6.45, 7) is 2.18. The molecule has 0 saturated heterocycles. The first-order valence-corrected chi connectivity index (χ1v) is 7.18. The van der Waals surface area contributed by atoms with Gasteiger partial charge in [-0.05, 0) is 36.3 Å². The fraction of sp³-hybridized carbons (Fsp3) is 0.500. The zero-order valence-electron chi connectivity index (χ0n) is 9.74. The largest absolute Gasteiger partial charge is 0.294 e. The standard InChI is InChI=1S/C14H18OS/c1-2-16-9-5-7-12-10-11-6-3-4-8-13(11)14(12)15/h3-4,6,8,12H,2,5,7,9-10H2,1H3. The van der Waals surface area contributed by atoms with E-state index >= 15 is 0 Å². The first-order valence-electron chi connectivity index (χ1n) is 6.02. The molecule has 86 valence electrons. The van der Waals surface area contributed by atoms with Gasteiger partial charge in [0.2, 0.25) is 0 Å². The Labute approximate surface area is 102 Å². The molecular weight excluding hydrogens is 216 g/mol. The van der Waals surface area contributed by atoms with Gasteiger partial charge < -0.3 is 0 Å². The van der Waals surface area contributed by atoms with Crippen molar-refractivity contribution in [1.82, 2.24) is 0 Å². The second-order valence-corrected chi connectivity index (χ2v) is 5.66. The second-order valence-electron chi connectivity index (χ2n) is 4.26. The van der Waals surface area contributed by atoms with Gasteiger partial charge in [-0.15, -0.1) is 0 Å². The molecule has 1 aromatic carbocycles. The van der Waals surface area contributed by atoms with Crippen molar-refractivity contribution in [1.29, 1.82) is 0 Å². The van der Waals surface area contributed by atoms with E-state index in [1.54, 1.807) is 0 Å². The van der Waals surface area contributed by atoms with Gasteiger partial charge in [-0.1, -0.05) is 31.2 Å². The van der Waals surface area contributed by atoms with Crippen molar-refractivity contribution in [3.05, 3.63) is 35.4 Å². The fourth-order valence-corrected chi connectivity index (χ4v) is 2.99. The molecule has 0 fully saturated rings. The van der Waals surface area contributed by atoms with Crippen LogP contribution in [0.4, 0.5) is 0 Å². The highest BCUT2D eigenvalue weighted by Crippen LogP contribution is 2.29. The molecule has 2 rings (SSSR count). The molecule has 2 heteroatoms. The van der Waals surface area contributed by atoms with Crippen LogP contribution in [-0.4, -0.2) is 17.3 Å². The number of benzene rings is 1. The molecular formula is C14H18OS. The van der Waals surface area contributed by atoms with E-state index in [1.807, 2.05) is 30.0 Å². The molecule has 0 bridgehead atoms. The van der Waals surface area contributed by atoms with Gasteiger partial charge >= 0.3 is 0 Å². The summed E-state index contributed by atoms with van der Waals surface area (Å²) >= 11 is 1.97. The van der Waals surface area contributed by atoms with E-state index in [-0.39, 0.29) is 5.92 Å². The summed E-state index contributed by atoms with van der Waals surface area (Å²) in [6, 6.07) is 8.06. The molecule has 16 heavy (non-hydrogen) atoms. The molecule has 0 heterocycles. The van der Waals surface area contributed by atoms with Crippen LogP contribution in [0.3, 0.4) is 0 Å². The number of fused-ring (bicyclic) bond motifs is 1. The molecule has 1 aliphatic rings. The van der Waals surface area contributed by atoms with Gasteiger partial charge in [0.25, 0.3) is 0 Å². The molecule has 0 amide bonds. The number of thioether (sulfide) groups is 1. The highest BCUT2D eigenvalue weighted by molar-refractivity contribution is 7.99. The van der Waals surface area contributed by atoms with Crippen molar-refractivity contribution in [2.24, 2.45) is 5.92 Å². The smallest absolute Gasteiger partial charge is 0.166 e. The summed E-state index contributed by atoms with van der Waals surface area (Å²) in [4.78, 5) is 12.1. The number of carbonyl (C=O) groups is 1. The minimum absolute atomic E-state index is 0.259. The van der Waals surface area contributed by atoms with Crippen molar-refractivity contribution in [2.45, 2.75) is 26.2 Å². The van der Waals surface area contributed by atoms with Gasteiger partial charge in [-0.3, -0.25) is 4.79 Å². The molecule has 1 aromatic rings. The molecule has 1 atom stereocenters. The van der Waals surface area contributed by atoms with Crippen LogP contribution in [0.2, 0.25) is 0 Å². The lowest BCUT2D eigenvalue weighted by Crippen LogP contribution is -2.09. The third-order valence-corrected chi connectivity index (χ3v) is 4.15. The lowest BCUT2D eigenvalue weighted by molar-refractivity contribution is 0.0930. The Hall–Kier alpha value is -0.760. The van der Waals surface area contributed by atoms with Crippen molar-refractivity contribution in [2.75, 3.05) is 11.5 Å². The van der Waals surface area contributed by atoms with E-state index in [0.29, 0.717) is 5.78 Å². The van der Waals surface area contributed by atoms with Crippen LogP contribution >= 0.6 is 11.8 Å². The van der Waals surface area contributed by atoms with E-state index in [1.165, 1.54) is 23.5 Å². The van der Waals surface area contributed by atoms with Crippen LogP contribution in [0, 0.1) is 5.92 Å². The molecule has 0 aromatic heterocycles. The number of Topliss-reactive ketones (excluding diaryl/α,β-unsaturated/α-hetero) is 1. The molecule has 0 N–H and O–H groups in total. The van der Waals surface area contributed by atoms with Crippen molar-refractivity contribution >= 4 is 17.5 Å². The maximum Gasteiger partial charge on any atom is 0.166 e. The van der Waals surface area contributed by atoms with Crippen molar-refractivity contribution in [3.8, 4) is 0 Å². The maximum absolute atomic E-state index is 12.1. The van der Waals surface area contributed by atoms with E-state index in [4.69, 9.17) is 0 Å². The second kappa shape index (κ2) is 5.53. The Kier molecular flexibility index (Phi) is 4.05. The topological polar surface area (TPSA) is 17.1 Å². The molecule has 1 unspecified atom stereocenters. The Morgan fingerprint density at radius 3 is 2.94 bits per heavy atom. The summed E-state index contributed by atoms with van der Waals surface area (Å²) in [7, 11) is 0. The van der Waals surface area contributed by atoms with E-state index < -0.39 is 0 Å². The lowest BCUT2D eigenvalue weighted by atomic mass is 10.00. The maximum atomic E-state index is 12.1. The average molecular weight is 234 g/mol. The molecule has 0 radical (unpaired) electrons. The first-order chi connectivity index (χ1) is 7.83. The van der Waals surface area contributed by atoms with E-state index in [9.17, 15) is 4.79 Å². The minimum atomic E-state index is 0.259. The van der Waals surface area contributed by atoms with E-state index in [0.717, 1.165) is 18.4 Å². The van der Waals surface area contributed by atoms with Gasteiger partial charge in [0.15, 0.2) is 5.78 Å². The molecule has 1 nitrogen and oxygen atoms in total. The van der Waals surface area contributed by atoms with Crippen LogP contribution in [-0.2, 0) is 6.42 Å². The third kappa shape index (κ3) is 2.49. The van der Waals surface area contributed by atoms with Crippen LogP contribution in [0.1, 0.15) is 35.7 Å². The molecule has 0 aliphatic heterocycles. The number of carbonyl (C=O) groups excluding carboxylic acids is 1. The third-order valence-electron chi connectivity index (χ3n) is 3.17. The van der Waals surface area contributed by atoms with Crippen LogP contribution < -0.4 is 0 Å². The average Bonchev–Trinajstić information content (AvgIpc) is 2.63. The quantitative estimate of drug-likeness (QED) is 0.724. The number of rotatable bonds is 5. The van der Waals surface area contributed by atoms with Gasteiger partial charge in [-0.25, -0.2) is 0 Å². The van der Waals surface area contributed by atoms with Gasteiger partial charge in [0.05, 0.1) is 0 Å². The number of hydrogen-bond acceptors (Lipinski definition) is 2. The summed E-state index contributed by atoms with van der Waals surface area (Å²) in [5.74, 6) is 3.00. The predicted octanol–water partition coefficient (Wildman–Crippen LogP) is 3.57. The predicted molar refractivity (Wildman–Crippen MR) is 70.2 cm³/mol. The number of ketones is 1. The summed E-state index contributed by atoms with van der Waals surface area (Å²) in [5.41, 5.74) is 2.22. The molecule has 0 spiro atoms. The fourth-order valence-electron chi connectivity index (χ4n) is 2.33. The SMILES string of the molecule is CCSCCCC1Cc2ccccc2C1=O. The van der Waals surface area contributed by atoms with Gasteiger partial charge in [0.1, 0.15) is 0 Å². The molecule has 1 aliphatic carbocycles. The highest BCUT2D eigenvalue weighted by Gasteiger charge is 2.29. The van der Waals surface area contributed by atoms with Crippen LogP contribution in [0.25, 0.3) is 0 Å². The van der Waals surface area contributed by atoms with Crippen molar-refractivity contribution < 1.29 is 4.79 Å². The summed E-state index contributed by atoms with van der Waals surface area (Å²) in [6.07, 6.45) is 3.19. The Bertz CT molecular complexity index is 373. The van der Waals surface area contributed by atoms with Crippen LogP contribution in [0.5, 0.6) is 0 Å². The Balaban J connectivity index is 1.89. The minimum Gasteiger partial charge on any atom is -0.294 e.